The fourth-order valence-corrected chi connectivity index (χ4v) is 8.31. The first-order valence-corrected chi connectivity index (χ1v) is 19.2. The van der Waals surface area contributed by atoms with E-state index in [2.05, 4.69) is 240 Å². The van der Waals surface area contributed by atoms with Crippen molar-refractivity contribution in [1.29, 1.82) is 0 Å². The van der Waals surface area contributed by atoms with Crippen LogP contribution < -0.4 is 4.90 Å². The van der Waals surface area contributed by atoms with Gasteiger partial charge in [0.15, 0.2) is 0 Å². The maximum absolute atomic E-state index is 2.47. The Bertz CT molecular complexity index is 2950. The molecule has 2 nitrogen and oxygen atoms in total. The molecule has 1 aromatic heterocycles. The first kappa shape index (κ1) is 33.2. The summed E-state index contributed by atoms with van der Waals surface area (Å²) in [7, 11) is 0. The van der Waals surface area contributed by atoms with Crippen LogP contribution in [-0.4, -0.2) is 4.57 Å². The average Bonchev–Trinajstić information content (AvgIpc) is 3.62. The van der Waals surface area contributed by atoms with Crippen molar-refractivity contribution in [2.45, 2.75) is 0 Å². The molecule has 0 saturated heterocycles. The Hall–Kier alpha value is -7.42. The Kier molecular flexibility index (Phi) is 8.55. The number of rotatable bonds is 8. The highest BCUT2D eigenvalue weighted by atomic mass is 15.2. The molecular formula is C54H38N2. The van der Waals surface area contributed by atoms with Crippen LogP contribution in [0.3, 0.4) is 0 Å². The van der Waals surface area contributed by atoms with Crippen molar-refractivity contribution >= 4 is 38.9 Å². The van der Waals surface area contributed by atoms with Gasteiger partial charge in [0.25, 0.3) is 0 Å². The summed E-state index contributed by atoms with van der Waals surface area (Å²) in [6.07, 6.45) is 0. The summed E-state index contributed by atoms with van der Waals surface area (Å²) in [4.78, 5) is 2.43. The molecular weight excluding hydrogens is 677 g/mol. The van der Waals surface area contributed by atoms with Gasteiger partial charge in [0.1, 0.15) is 0 Å². The summed E-state index contributed by atoms with van der Waals surface area (Å²) < 4.78 is 2.47. The molecule has 0 fully saturated rings. The van der Waals surface area contributed by atoms with E-state index in [9.17, 15) is 0 Å². The van der Waals surface area contributed by atoms with Gasteiger partial charge < -0.3 is 9.47 Å². The molecule has 0 amide bonds. The van der Waals surface area contributed by atoms with Gasteiger partial charge in [-0.15, -0.1) is 0 Å². The summed E-state index contributed by atoms with van der Waals surface area (Å²) in [5.41, 5.74) is 16.3. The molecule has 264 valence electrons. The van der Waals surface area contributed by atoms with Gasteiger partial charge in [0.05, 0.1) is 28.1 Å². The number of aromatic nitrogens is 1. The predicted octanol–water partition coefficient (Wildman–Crippen LogP) is 14.9. The van der Waals surface area contributed by atoms with Crippen molar-refractivity contribution in [1.82, 2.24) is 4.57 Å². The molecule has 2 heteroatoms. The van der Waals surface area contributed by atoms with Gasteiger partial charge in [0, 0.05) is 27.6 Å². The van der Waals surface area contributed by atoms with E-state index < -0.39 is 0 Å². The second-order valence-corrected chi connectivity index (χ2v) is 14.1. The number of anilines is 3. The van der Waals surface area contributed by atoms with Crippen molar-refractivity contribution < 1.29 is 0 Å². The first-order chi connectivity index (χ1) is 27.8. The highest BCUT2D eigenvalue weighted by Crippen LogP contribution is 2.47. The zero-order chi connectivity index (χ0) is 37.3. The van der Waals surface area contributed by atoms with Crippen LogP contribution >= 0.6 is 0 Å². The number of para-hydroxylation sites is 3. The van der Waals surface area contributed by atoms with Crippen molar-refractivity contribution in [2.24, 2.45) is 0 Å². The van der Waals surface area contributed by atoms with E-state index in [1.807, 2.05) is 0 Å². The van der Waals surface area contributed by atoms with Gasteiger partial charge in [-0.2, -0.15) is 0 Å². The van der Waals surface area contributed by atoms with Crippen molar-refractivity contribution in [3.8, 4) is 50.2 Å². The summed E-state index contributed by atoms with van der Waals surface area (Å²) in [5.74, 6) is 0. The van der Waals surface area contributed by atoms with E-state index in [1.165, 1.54) is 55.3 Å². The minimum atomic E-state index is 1.10. The van der Waals surface area contributed by atoms with E-state index in [0.717, 1.165) is 33.8 Å². The van der Waals surface area contributed by atoms with Crippen molar-refractivity contribution in [2.75, 3.05) is 4.90 Å². The van der Waals surface area contributed by atoms with E-state index in [0.29, 0.717) is 0 Å². The van der Waals surface area contributed by atoms with Gasteiger partial charge in [-0.3, -0.25) is 0 Å². The van der Waals surface area contributed by atoms with Crippen LogP contribution in [0.1, 0.15) is 0 Å². The van der Waals surface area contributed by atoms with Gasteiger partial charge in [-0.05, 0) is 81.9 Å². The zero-order valence-corrected chi connectivity index (χ0v) is 30.8. The normalized spacial score (nSPS) is 11.2. The lowest BCUT2D eigenvalue weighted by Gasteiger charge is -2.28. The quantitative estimate of drug-likeness (QED) is 0.152. The molecule has 56 heavy (non-hydrogen) atoms. The molecule has 0 N–H and O–H groups in total. The van der Waals surface area contributed by atoms with Crippen LogP contribution in [0.25, 0.3) is 72.0 Å². The van der Waals surface area contributed by atoms with Gasteiger partial charge in [-0.1, -0.05) is 182 Å². The largest absolute Gasteiger partial charge is 0.309 e. The smallest absolute Gasteiger partial charge is 0.0562 e. The Labute approximate surface area is 327 Å². The van der Waals surface area contributed by atoms with Crippen molar-refractivity contribution in [3.05, 3.63) is 231 Å². The van der Waals surface area contributed by atoms with E-state index in [1.54, 1.807) is 0 Å². The number of nitrogens with zero attached hydrogens (tertiary/aromatic N) is 2. The van der Waals surface area contributed by atoms with Crippen LogP contribution in [0, 0.1) is 0 Å². The second kappa shape index (κ2) is 14.4. The highest BCUT2D eigenvalue weighted by molar-refractivity contribution is 6.17. The topological polar surface area (TPSA) is 8.17 Å². The van der Waals surface area contributed by atoms with Crippen LogP contribution in [0.5, 0.6) is 0 Å². The maximum Gasteiger partial charge on any atom is 0.0562 e. The van der Waals surface area contributed by atoms with Crippen LogP contribution in [0.2, 0.25) is 0 Å². The molecule has 0 spiro atoms. The SMILES string of the molecule is c1ccc(-c2ccccc2-c2ccc(-n3c4ccccc4c4c(N(c5ccccc5)c5ccccc5-c5ccccc5)cccc43)c(-c3ccccc3)c2)cc1. The maximum atomic E-state index is 2.47. The third kappa shape index (κ3) is 5.85. The minimum absolute atomic E-state index is 1.10. The van der Waals surface area contributed by atoms with Crippen LogP contribution in [-0.2, 0) is 0 Å². The van der Waals surface area contributed by atoms with Gasteiger partial charge in [-0.25, -0.2) is 0 Å². The molecule has 10 aromatic rings. The molecule has 0 aliphatic carbocycles. The molecule has 0 atom stereocenters. The summed E-state index contributed by atoms with van der Waals surface area (Å²) in [6, 6.07) is 83.0. The van der Waals surface area contributed by atoms with Crippen LogP contribution in [0.15, 0.2) is 231 Å². The van der Waals surface area contributed by atoms with Gasteiger partial charge in [0.2, 0.25) is 0 Å². The predicted molar refractivity (Wildman–Crippen MR) is 237 cm³/mol. The molecule has 0 saturated carbocycles. The highest BCUT2D eigenvalue weighted by Gasteiger charge is 2.24. The first-order valence-electron chi connectivity index (χ1n) is 19.2. The molecule has 0 aliphatic heterocycles. The molecule has 0 unspecified atom stereocenters. The average molecular weight is 715 g/mol. The van der Waals surface area contributed by atoms with Crippen LogP contribution in [0.4, 0.5) is 17.1 Å². The zero-order valence-electron chi connectivity index (χ0n) is 30.8. The Morgan fingerprint density at radius 1 is 0.304 bits per heavy atom. The van der Waals surface area contributed by atoms with Gasteiger partial charge >= 0.3 is 0 Å². The summed E-state index contributed by atoms with van der Waals surface area (Å²) in [5, 5.41) is 2.40. The fraction of sp³-hybridized carbons (Fsp3) is 0. The number of hydrogen-bond acceptors (Lipinski definition) is 1. The molecule has 0 bridgehead atoms. The minimum Gasteiger partial charge on any atom is -0.309 e. The number of fused-ring (bicyclic) bond motifs is 3. The molecule has 1 heterocycles. The molecule has 0 radical (unpaired) electrons. The lowest BCUT2D eigenvalue weighted by Crippen LogP contribution is -2.11. The number of hydrogen-bond donors (Lipinski definition) is 0. The van der Waals surface area contributed by atoms with E-state index in [4.69, 9.17) is 0 Å². The Morgan fingerprint density at radius 3 is 1.46 bits per heavy atom. The lowest BCUT2D eigenvalue weighted by atomic mass is 9.92. The molecule has 0 aliphatic rings. The summed E-state index contributed by atoms with van der Waals surface area (Å²) >= 11 is 0. The summed E-state index contributed by atoms with van der Waals surface area (Å²) in [6.45, 7) is 0. The molecule has 10 rings (SSSR count). The Balaban J connectivity index is 1.24. The fourth-order valence-electron chi connectivity index (χ4n) is 8.31. The van der Waals surface area contributed by atoms with Crippen molar-refractivity contribution in [3.63, 3.8) is 0 Å². The second-order valence-electron chi connectivity index (χ2n) is 14.1. The van der Waals surface area contributed by atoms with E-state index in [-0.39, 0.29) is 0 Å². The third-order valence-corrected chi connectivity index (χ3v) is 10.8. The lowest BCUT2D eigenvalue weighted by molar-refractivity contribution is 1.18. The third-order valence-electron chi connectivity index (χ3n) is 10.8. The Morgan fingerprint density at radius 2 is 0.786 bits per heavy atom. The molecule has 9 aromatic carbocycles. The standard InChI is InChI=1S/C54H38N2/c1-5-20-39(21-6-1)44-28-13-14-29-45(44)42-36-37-51(48(38-42)41-24-9-3-10-25-41)56-50-33-18-16-31-47(50)54-52(34-19-35-53(54)56)55(43-26-11-4-12-27-43)49-32-17-15-30-46(49)40-22-7-2-8-23-40/h1-38H. The number of benzene rings is 9. The van der Waals surface area contributed by atoms with E-state index >= 15 is 0 Å². The monoisotopic (exact) mass is 714 g/mol.